The van der Waals surface area contributed by atoms with Crippen LogP contribution in [0, 0.1) is 0 Å². The number of benzene rings is 2. The highest BCUT2D eigenvalue weighted by molar-refractivity contribution is 6.01. The predicted molar refractivity (Wildman–Crippen MR) is 74.8 cm³/mol. The first-order valence-corrected chi connectivity index (χ1v) is 6.40. The molecule has 0 heterocycles. The average Bonchev–Trinajstić information content (AvgIpc) is 2.44. The van der Waals surface area contributed by atoms with Crippen LogP contribution < -0.4 is 11.5 Å². The highest BCUT2D eigenvalue weighted by atomic mass is 19.4. The molecular formula is C15H10F6N2O. The van der Waals surface area contributed by atoms with Crippen molar-refractivity contribution in [1.29, 1.82) is 0 Å². The molecule has 0 spiro atoms. The lowest BCUT2D eigenvalue weighted by Crippen LogP contribution is -2.17. The fraction of sp³-hybridized carbons (Fsp3) is 0.133. The number of primary amides is 1. The molecule has 0 saturated carbocycles. The van der Waals surface area contributed by atoms with Gasteiger partial charge in [0.1, 0.15) is 0 Å². The van der Waals surface area contributed by atoms with Gasteiger partial charge in [0.15, 0.2) is 0 Å². The molecule has 0 radical (unpaired) electrons. The van der Waals surface area contributed by atoms with E-state index < -0.39 is 51.8 Å². The van der Waals surface area contributed by atoms with Crippen LogP contribution in [0.2, 0.25) is 0 Å². The highest BCUT2D eigenvalue weighted by Crippen LogP contribution is 2.42. The monoisotopic (exact) mass is 348 g/mol. The van der Waals surface area contributed by atoms with Gasteiger partial charge in [-0.1, -0.05) is 18.2 Å². The van der Waals surface area contributed by atoms with Crippen molar-refractivity contribution in [3.8, 4) is 11.1 Å². The van der Waals surface area contributed by atoms with Crippen LogP contribution in [-0.2, 0) is 12.4 Å². The molecule has 4 N–H and O–H groups in total. The molecule has 0 atom stereocenters. The molecule has 2 rings (SSSR count). The Bertz CT molecular complexity index is 796. The minimum atomic E-state index is -4.90. The quantitative estimate of drug-likeness (QED) is 0.634. The molecule has 128 valence electrons. The minimum Gasteiger partial charge on any atom is -0.398 e. The zero-order chi connectivity index (χ0) is 18.3. The Morgan fingerprint density at radius 3 is 1.88 bits per heavy atom. The second kappa shape index (κ2) is 5.73. The zero-order valence-electron chi connectivity index (χ0n) is 11.8. The number of hydrogen-bond donors (Lipinski definition) is 2. The first-order valence-electron chi connectivity index (χ1n) is 6.40. The number of alkyl halides is 6. The van der Waals surface area contributed by atoms with Crippen LogP contribution in [0.25, 0.3) is 11.1 Å². The van der Waals surface area contributed by atoms with Crippen LogP contribution in [0.3, 0.4) is 0 Å². The third-order valence-corrected chi connectivity index (χ3v) is 3.28. The van der Waals surface area contributed by atoms with Crippen LogP contribution in [0.1, 0.15) is 21.5 Å². The van der Waals surface area contributed by atoms with Gasteiger partial charge in [0, 0.05) is 11.3 Å². The number of hydrogen-bond acceptors (Lipinski definition) is 2. The fourth-order valence-electron chi connectivity index (χ4n) is 2.25. The molecular weight excluding hydrogens is 338 g/mol. The third kappa shape index (κ3) is 3.29. The smallest absolute Gasteiger partial charge is 0.398 e. The number of nitrogens with two attached hydrogens (primary N) is 2. The van der Waals surface area contributed by atoms with Gasteiger partial charge < -0.3 is 11.5 Å². The summed E-state index contributed by atoms with van der Waals surface area (Å²) < 4.78 is 78.3. The minimum absolute atomic E-state index is 0.403. The lowest BCUT2D eigenvalue weighted by molar-refractivity contribution is -0.137. The number of anilines is 1. The summed E-state index contributed by atoms with van der Waals surface area (Å²) in [7, 11) is 0. The highest BCUT2D eigenvalue weighted by Gasteiger charge is 2.37. The summed E-state index contributed by atoms with van der Waals surface area (Å²) in [5.74, 6) is -1.19. The normalized spacial score (nSPS) is 12.2. The van der Waals surface area contributed by atoms with Crippen LogP contribution >= 0.6 is 0 Å². The number of carbonyl (C=O) groups excluding carboxylic acids is 1. The SMILES string of the molecule is NC(=O)c1cc(N)c(C(F)(F)F)cc1-c1ccccc1C(F)(F)F. The van der Waals surface area contributed by atoms with Crippen LogP contribution in [0.4, 0.5) is 32.0 Å². The summed E-state index contributed by atoms with van der Waals surface area (Å²) in [4.78, 5) is 11.5. The van der Waals surface area contributed by atoms with E-state index in [0.717, 1.165) is 12.1 Å². The molecule has 24 heavy (non-hydrogen) atoms. The molecule has 0 unspecified atom stereocenters. The van der Waals surface area contributed by atoms with Crippen molar-refractivity contribution < 1.29 is 31.1 Å². The maximum atomic E-state index is 13.1. The van der Waals surface area contributed by atoms with E-state index in [1.165, 1.54) is 6.07 Å². The van der Waals surface area contributed by atoms with E-state index in [1.807, 2.05) is 0 Å². The summed E-state index contributed by atoms with van der Waals surface area (Å²) >= 11 is 0. The number of carbonyl (C=O) groups is 1. The van der Waals surface area contributed by atoms with E-state index in [0.29, 0.717) is 18.2 Å². The lowest BCUT2D eigenvalue weighted by Gasteiger charge is -2.18. The van der Waals surface area contributed by atoms with E-state index in [2.05, 4.69) is 0 Å². The number of nitrogen functional groups attached to an aromatic ring is 1. The van der Waals surface area contributed by atoms with Crippen LogP contribution in [0.15, 0.2) is 36.4 Å². The summed E-state index contributed by atoms with van der Waals surface area (Å²) in [6.45, 7) is 0. The van der Waals surface area contributed by atoms with Gasteiger partial charge in [-0.3, -0.25) is 4.79 Å². The summed E-state index contributed by atoms with van der Waals surface area (Å²) in [5, 5.41) is 0. The zero-order valence-corrected chi connectivity index (χ0v) is 11.8. The van der Waals surface area contributed by atoms with Gasteiger partial charge >= 0.3 is 12.4 Å². The molecule has 0 aliphatic carbocycles. The Morgan fingerprint density at radius 1 is 0.833 bits per heavy atom. The predicted octanol–water partition coefficient (Wildman–Crippen LogP) is 4.07. The first kappa shape index (κ1) is 17.6. The average molecular weight is 348 g/mol. The molecule has 0 bridgehead atoms. The van der Waals surface area contributed by atoms with E-state index in [9.17, 15) is 31.1 Å². The van der Waals surface area contributed by atoms with Gasteiger partial charge in [0.2, 0.25) is 5.91 Å². The van der Waals surface area contributed by atoms with Crippen molar-refractivity contribution in [2.24, 2.45) is 5.73 Å². The van der Waals surface area contributed by atoms with Gasteiger partial charge in [0.05, 0.1) is 11.1 Å². The van der Waals surface area contributed by atoms with Gasteiger partial charge in [-0.05, 0) is 29.3 Å². The number of halogens is 6. The molecule has 0 aliphatic heterocycles. The Labute approximate surface area is 131 Å². The molecule has 2 aromatic carbocycles. The Kier molecular flexibility index (Phi) is 4.21. The van der Waals surface area contributed by atoms with Gasteiger partial charge in [0.25, 0.3) is 0 Å². The van der Waals surface area contributed by atoms with Crippen molar-refractivity contribution in [2.45, 2.75) is 12.4 Å². The molecule has 1 amide bonds. The van der Waals surface area contributed by atoms with Crippen molar-refractivity contribution in [2.75, 3.05) is 5.73 Å². The van der Waals surface area contributed by atoms with E-state index >= 15 is 0 Å². The maximum absolute atomic E-state index is 13.1. The molecule has 2 aromatic rings. The molecule has 9 heteroatoms. The maximum Gasteiger partial charge on any atom is 0.418 e. The van der Waals surface area contributed by atoms with E-state index in [-0.39, 0.29) is 0 Å². The van der Waals surface area contributed by atoms with Gasteiger partial charge in [-0.15, -0.1) is 0 Å². The topological polar surface area (TPSA) is 69.1 Å². The third-order valence-electron chi connectivity index (χ3n) is 3.28. The lowest BCUT2D eigenvalue weighted by atomic mass is 9.92. The summed E-state index contributed by atoms with van der Waals surface area (Å²) in [6.07, 6.45) is -9.73. The number of rotatable bonds is 2. The molecule has 0 aliphatic rings. The van der Waals surface area contributed by atoms with Gasteiger partial charge in [-0.25, -0.2) is 0 Å². The largest absolute Gasteiger partial charge is 0.418 e. The van der Waals surface area contributed by atoms with E-state index in [1.54, 1.807) is 0 Å². The second-order valence-corrected chi connectivity index (χ2v) is 4.89. The first-order chi connectivity index (χ1) is 10.9. The van der Waals surface area contributed by atoms with Crippen LogP contribution in [0.5, 0.6) is 0 Å². The van der Waals surface area contributed by atoms with Crippen molar-refractivity contribution in [3.05, 3.63) is 53.1 Å². The van der Waals surface area contributed by atoms with Crippen molar-refractivity contribution in [3.63, 3.8) is 0 Å². The molecule has 0 aromatic heterocycles. The Balaban J connectivity index is 2.86. The molecule has 0 fully saturated rings. The van der Waals surface area contributed by atoms with Gasteiger partial charge in [-0.2, -0.15) is 26.3 Å². The molecule has 0 saturated heterocycles. The Morgan fingerprint density at radius 2 is 1.38 bits per heavy atom. The van der Waals surface area contributed by atoms with Crippen molar-refractivity contribution >= 4 is 11.6 Å². The van der Waals surface area contributed by atoms with Crippen molar-refractivity contribution in [1.82, 2.24) is 0 Å². The number of amides is 1. The van der Waals surface area contributed by atoms with E-state index in [4.69, 9.17) is 11.5 Å². The second-order valence-electron chi connectivity index (χ2n) is 4.89. The standard InChI is InChI=1S/C15H10F6N2O/c16-14(17,18)10-4-2-1-3-7(10)8-5-11(15(19,20)21)12(22)6-9(8)13(23)24/h1-6H,22H2,(H2,23,24). The van der Waals surface area contributed by atoms with Crippen LogP contribution in [-0.4, -0.2) is 5.91 Å². The Hall–Kier alpha value is -2.71. The summed E-state index contributed by atoms with van der Waals surface area (Å²) in [5.41, 5.74) is 5.30. The molecule has 3 nitrogen and oxygen atoms in total. The fourth-order valence-corrected chi connectivity index (χ4v) is 2.25. The summed E-state index contributed by atoms with van der Waals surface area (Å²) in [6, 6.07) is 4.98.